The molecule has 3 aromatic carbocycles. The predicted molar refractivity (Wildman–Crippen MR) is 139 cm³/mol. The molecular formula is C28H28Cl2N2O3. The Kier molecular flexibility index (Phi) is 6.92. The Labute approximate surface area is 216 Å². The zero-order chi connectivity index (χ0) is 24.4. The van der Waals surface area contributed by atoms with E-state index in [9.17, 15) is 4.79 Å². The van der Waals surface area contributed by atoms with Gasteiger partial charge in [-0.15, -0.1) is 0 Å². The molecule has 0 atom stereocenters. The topological polar surface area (TPSA) is 42.0 Å². The number of rotatable bonds is 7. The van der Waals surface area contributed by atoms with Crippen LogP contribution in [0.15, 0.2) is 66.7 Å². The summed E-state index contributed by atoms with van der Waals surface area (Å²) in [6, 6.07) is 21.2. The van der Waals surface area contributed by atoms with Crippen molar-refractivity contribution in [3.63, 3.8) is 0 Å². The van der Waals surface area contributed by atoms with Crippen LogP contribution in [0.3, 0.4) is 0 Å². The van der Waals surface area contributed by atoms with E-state index in [-0.39, 0.29) is 5.91 Å². The van der Waals surface area contributed by atoms with E-state index >= 15 is 0 Å². The Bertz CT molecular complexity index is 1220. The Morgan fingerprint density at radius 2 is 1.66 bits per heavy atom. The molecule has 5 nitrogen and oxygen atoms in total. The SMILES string of the molecule is COc1ccccc1Oc1cccc(CN2CCN(C(=O)C3(c4ccc(Cl)cc4Cl)CC3)CC2)c1. The fourth-order valence-electron chi connectivity index (χ4n) is 4.81. The van der Waals surface area contributed by atoms with Crippen molar-refractivity contribution in [3.05, 3.63) is 87.9 Å². The standard InChI is InChI=1S/C28H28Cl2N2O3/c1-34-25-7-2-3-8-26(25)35-22-6-4-5-20(17-22)19-31-13-15-32(16-14-31)27(33)28(11-12-28)23-10-9-21(29)18-24(23)30/h2-10,17-18H,11-16,19H2,1H3. The van der Waals surface area contributed by atoms with Gasteiger partial charge in [0.1, 0.15) is 5.75 Å². The summed E-state index contributed by atoms with van der Waals surface area (Å²) >= 11 is 12.5. The van der Waals surface area contributed by atoms with Gasteiger partial charge in [-0.3, -0.25) is 9.69 Å². The van der Waals surface area contributed by atoms with Gasteiger partial charge >= 0.3 is 0 Å². The summed E-state index contributed by atoms with van der Waals surface area (Å²) in [6.45, 7) is 3.88. The number of benzene rings is 3. The van der Waals surface area contributed by atoms with Gasteiger partial charge in [-0.25, -0.2) is 0 Å². The molecular weight excluding hydrogens is 483 g/mol. The van der Waals surface area contributed by atoms with Crippen molar-refractivity contribution >= 4 is 29.1 Å². The zero-order valence-electron chi connectivity index (χ0n) is 19.7. The number of hydrogen-bond donors (Lipinski definition) is 0. The summed E-state index contributed by atoms with van der Waals surface area (Å²) in [5.41, 5.74) is 1.60. The number of methoxy groups -OCH3 is 1. The number of nitrogens with zero attached hydrogens (tertiary/aromatic N) is 2. The van der Waals surface area contributed by atoms with Gasteiger partial charge in [0.25, 0.3) is 0 Å². The average molecular weight is 511 g/mol. The Balaban J connectivity index is 1.19. The molecule has 1 aliphatic heterocycles. The second-order valence-electron chi connectivity index (χ2n) is 9.17. The summed E-state index contributed by atoms with van der Waals surface area (Å²) in [5, 5.41) is 1.17. The van der Waals surface area contributed by atoms with Crippen LogP contribution in [0.5, 0.6) is 17.2 Å². The number of carbonyl (C=O) groups excluding carboxylic acids is 1. The molecule has 35 heavy (non-hydrogen) atoms. The molecule has 2 fully saturated rings. The van der Waals surface area contributed by atoms with Crippen molar-refractivity contribution in [2.45, 2.75) is 24.8 Å². The van der Waals surface area contributed by atoms with E-state index in [0.29, 0.717) is 34.6 Å². The van der Waals surface area contributed by atoms with E-state index in [0.717, 1.165) is 43.8 Å². The Morgan fingerprint density at radius 1 is 0.914 bits per heavy atom. The minimum absolute atomic E-state index is 0.188. The molecule has 2 aliphatic rings. The van der Waals surface area contributed by atoms with Crippen molar-refractivity contribution in [3.8, 4) is 17.2 Å². The first kappa shape index (κ1) is 24.0. The molecule has 182 valence electrons. The minimum atomic E-state index is -0.478. The number of hydrogen-bond acceptors (Lipinski definition) is 4. The summed E-state index contributed by atoms with van der Waals surface area (Å²) < 4.78 is 11.5. The normalized spacial score (nSPS) is 17.2. The molecule has 1 amide bonds. The first-order valence-electron chi connectivity index (χ1n) is 11.9. The highest BCUT2D eigenvalue weighted by Gasteiger charge is 2.54. The lowest BCUT2D eigenvalue weighted by atomic mass is 9.94. The number of para-hydroxylation sites is 2. The second-order valence-corrected chi connectivity index (χ2v) is 10.0. The second kappa shape index (κ2) is 10.1. The highest BCUT2D eigenvalue weighted by atomic mass is 35.5. The molecule has 1 saturated carbocycles. The third-order valence-electron chi connectivity index (χ3n) is 6.87. The fraction of sp³-hybridized carbons (Fsp3) is 0.321. The molecule has 7 heteroatoms. The molecule has 0 N–H and O–H groups in total. The van der Waals surface area contributed by atoms with Gasteiger partial charge < -0.3 is 14.4 Å². The third-order valence-corrected chi connectivity index (χ3v) is 7.41. The van der Waals surface area contributed by atoms with Gasteiger partial charge in [0.2, 0.25) is 5.91 Å². The van der Waals surface area contributed by atoms with E-state index in [1.54, 1.807) is 13.2 Å². The lowest BCUT2D eigenvalue weighted by Crippen LogP contribution is -2.51. The smallest absolute Gasteiger partial charge is 0.233 e. The maximum absolute atomic E-state index is 13.4. The third kappa shape index (κ3) is 5.13. The lowest BCUT2D eigenvalue weighted by Gasteiger charge is -2.37. The van der Waals surface area contributed by atoms with E-state index in [4.69, 9.17) is 32.7 Å². The fourth-order valence-corrected chi connectivity index (χ4v) is 5.40. The molecule has 0 aromatic heterocycles. The van der Waals surface area contributed by atoms with E-state index in [2.05, 4.69) is 17.0 Å². The van der Waals surface area contributed by atoms with Crippen molar-refractivity contribution < 1.29 is 14.3 Å². The minimum Gasteiger partial charge on any atom is -0.493 e. The number of ether oxygens (including phenoxy) is 2. The summed E-state index contributed by atoms with van der Waals surface area (Å²) in [7, 11) is 1.64. The van der Waals surface area contributed by atoms with Gasteiger partial charge in [0.05, 0.1) is 12.5 Å². The van der Waals surface area contributed by atoms with Crippen LogP contribution in [0.1, 0.15) is 24.0 Å². The Morgan fingerprint density at radius 3 is 2.34 bits per heavy atom. The van der Waals surface area contributed by atoms with Crippen LogP contribution in [0.25, 0.3) is 0 Å². The van der Waals surface area contributed by atoms with Crippen molar-refractivity contribution in [1.82, 2.24) is 9.80 Å². The van der Waals surface area contributed by atoms with E-state index < -0.39 is 5.41 Å². The van der Waals surface area contributed by atoms with E-state index in [1.807, 2.05) is 53.4 Å². The van der Waals surface area contributed by atoms with Crippen molar-refractivity contribution in [2.24, 2.45) is 0 Å². The van der Waals surface area contributed by atoms with Gasteiger partial charge in [-0.05, 0) is 60.4 Å². The average Bonchev–Trinajstić information content (AvgIpc) is 3.66. The highest BCUT2D eigenvalue weighted by Crippen LogP contribution is 2.52. The highest BCUT2D eigenvalue weighted by molar-refractivity contribution is 6.35. The van der Waals surface area contributed by atoms with Gasteiger partial charge in [-0.2, -0.15) is 0 Å². The maximum atomic E-state index is 13.4. The van der Waals surface area contributed by atoms with Crippen LogP contribution >= 0.6 is 23.2 Å². The summed E-state index contributed by atoms with van der Waals surface area (Å²) in [5.74, 6) is 2.35. The molecule has 0 bridgehead atoms. The van der Waals surface area contributed by atoms with Crippen molar-refractivity contribution in [1.29, 1.82) is 0 Å². The predicted octanol–water partition coefficient (Wildman–Crippen LogP) is 6.17. The van der Waals surface area contributed by atoms with Crippen molar-refractivity contribution in [2.75, 3.05) is 33.3 Å². The summed E-state index contributed by atoms with van der Waals surface area (Å²) in [6.07, 6.45) is 1.68. The molecule has 0 spiro atoms. The lowest BCUT2D eigenvalue weighted by molar-refractivity contribution is -0.135. The first-order valence-corrected chi connectivity index (χ1v) is 12.6. The molecule has 0 unspecified atom stereocenters. The maximum Gasteiger partial charge on any atom is 0.233 e. The zero-order valence-corrected chi connectivity index (χ0v) is 21.2. The van der Waals surface area contributed by atoms with Crippen LogP contribution in [0.2, 0.25) is 10.0 Å². The monoisotopic (exact) mass is 510 g/mol. The summed E-state index contributed by atoms with van der Waals surface area (Å²) in [4.78, 5) is 17.8. The molecule has 1 aliphatic carbocycles. The van der Waals surface area contributed by atoms with Gasteiger partial charge in [-0.1, -0.05) is 53.5 Å². The van der Waals surface area contributed by atoms with Crippen LogP contribution in [-0.4, -0.2) is 49.0 Å². The first-order chi connectivity index (χ1) is 17.0. The molecule has 3 aromatic rings. The Hall–Kier alpha value is -2.73. The van der Waals surface area contributed by atoms with Crippen LogP contribution in [0, 0.1) is 0 Å². The molecule has 1 heterocycles. The quantitative estimate of drug-likeness (QED) is 0.381. The largest absolute Gasteiger partial charge is 0.493 e. The van der Waals surface area contributed by atoms with Crippen LogP contribution in [-0.2, 0) is 16.8 Å². The molecule has 5 rings (SSSR count). The number of carbonyl (C=O) groups is 1. The molecule has 0 radical (unpaired) electrons. The van der Waals surface area contributed by atoms with E-state index in [1.165, 1.54) is 5.56 Å². The van der Waals surface area contributed by atoms with Crippen LogP contribution < -0.4 is 9.47 Å². The van der Waals surface area contributed by atoms with Gasteiger partial charge in [0.15, 0.2) is 11.5 Å². The number of halogens is 2. The number of amides is 1. The molecule has 1 saturated heterocycles. The van der Waals surface area contributed by atoms with Gasteiger partial charge in [0, 0.05) is 42.8 Å². The van der Waals surface area contributed by atoms with Crippen LogP contribution in [0.4, 0.5) is 0 Å². The number of piperazine rings is 1.